The predicted molar refractivity (Wildman–Crippen MR) is 111 cm³/mol. The molecule has 0 bridgehead atoms. The number of nitrogens with one attached hydrogen (secondary N) is 1. The van der Waals surface area contributed by atoms with Crippen molar-refractivity contribution in [3.63, 3.8) is 0 Å². The monoisotopic (exact) mass is 412 g/mol. The summed E-state index contributed by atoms with van der Waals surface area (Å²) in [5, 5.41) is 12.4. The van der Waals surface area contributed by atoms with Gasteiger partial charge >= 0.3 is 0 Å². The average Bonchev–Trinajstić information content (AvgIpc) is 2.68. The number of carbonyl (C=O) groups excluding carboxylic acids is 2. The number of nitrogens with zero attached hydrogens (tertiary/aromatic N) is 1. The zero-order valence-corrected chi connectivity index (χ0v) is 16.3. The van der Waals surface area contributed by atoms with Crippen molar-refractivity contribution >= 4 is 40.9 Å². The van der Waals surface area contributed by atoms with E-state index in [0.717, 1.165) is 4.90 Å². The molecule has 0 aliphatic carbocycles. The van der Waals surface area contributed by atoms with Crippen LogP contribution in [0.5, 0.6) is 11.5 Å². The fraction of sp³-hybridized carbons (Fsp3) is 0.0952. The van der Waals surface area contributed by atoms with Crippen molar-refractivity contribution in [2.45, 2.75) is 6.42 Å². The van der Waals surface area contributed by atoms with Crippen LogP contribution < -0.4 is 15.0 Å². The number of methoxy groups -OCH3 is 1. The third-order valence-electron chi connectivity index (χ3n) is 4.27. The first-order valence-electron chi connectivity index (χ1n) is 8.54. The fourth-order valence-corrected chi connectivity index (χ4v) is 3.19. The Morgan fingerprint density at radius 1 is 1.31 bits per heavy atom. The summed E-state index contributed by atoms with van der Waals surface area (Å²) in [5.74, 6) is -1.99. The Hall–Kier alpha value is -3.52. The quantitative estimate of drug-likeness (QED) is 0.342. The van der Waals surface area contributed by atoms with E-state index in [2.05, 4.69) is 11.9 Å². The number of amides is 2. The fourth-order valence-electron chi connectivity index (χ4n) is 2.92. The topological polar surface area (TPSA) is 78.9 Å². The maximum atomic E-state index is 14.2. The lowest BCUT2D eigenvalue weighted by Gasteiger charge is -2.29. The van der Waals surface area contributed by atoms with Crippen molar-refractivity contribution < 1.29 is 23.8 Å². The molecule has 0 unspecified atom stereocenters. The van der Waals surface area contributed by atoms with Crippen LogP contribution in [0.2, 0.25) is 0 Å². The summed E-state index contributed by atoms with van der Waals surface area (Å²) in [6.07, 6.45) is 3.29. The number of phenols is 1. The molecule has 6 nitrogen and oxygen atoms in total. The van der Waals surface area contributed by atoms with Crippen LogP contribution in [0.1, 0.15) is 11.1 Å². The van der Waals surface area contributed by atoms with Gasteiger partial charge in [0.25, 0.3) is 11.8 Å². The van der Waals surface area contributed by atoms with Crippen LogP contribution in [-0.4, -0.2) is 29.1 Å². The highest BCUT2D eigenvalue weighted by atomic mass is 32.1. The molecule has 1 saturated heterocycles. The number of hydrogen-bond acceptors (Lipinski definition) is 5. The van der Waals surface area contributed by atoms with E-state index < -0.39 is 17.6 Å². The molecule has 0 saturated carbocycles. The second-order valence-electron chi connectivity index (χ2n) is 6.13. The molecular weight excluding hydrogens is 395 g/mol. The van der Waals surface area contributed by atoms with Crippen LogP contribution in [0.25, 0.3) is 6.08 Å². The van der Waals surface area contributed by atoms with Gasteiger partial charge < -0.3 is 9.84 Å². The average molecular weight is 412 g/mol. The van der Waals surface area contributed by atoms with Gasteiger partial charge in [-0.3, -0.25) is 14.9 Å². The Bertz CT molecular complexity index is 1060. The smallest absolute Gasteiger partial charge is 0.270 e. The summed E-state index contributed by atoms with van der Waals surface area (Å²) >= 11 is 5.07. The lowest BCUT2D eigenvalue weighted by atomic mass is 10.0. The van der Waals surface area contributed by atoms with Gasteiger partial charge in [0.15, 0.2) is 16.6 Å². The third kappa shape index (κ3) is 3.88. The first kappa shape index (κ1) is 20.2. The minimum absolute atomic E-state index is 0.0527. The Morgan fingerprint density at radius 2 is 2.03 bits per heavy atom. The van der Waals surface area contributed by atoms with E-state index in [9.17, 15) is 19.1 Å². The third-order valence-corrected chi connectivity index (χ3v) is 4.55. The number of rotatable bonds is 5. The molecule has 1 aliphatic rings. The minimum atomic E-state index is -0.763. The molecular formula is C21H17FN2O4S. The largest absolute Gasteiger partial charge is 0.504 e. The molecule has 8 heteroatoms. The predicted octanol–water partition coefficient (Wildman–Crippen LogP) is 3.10. The molecule has 1 heterocycles. The number of aromatic hydroxyl groups is 1. The molecule has 0 atom stereocenters. The second kappa shape index (κ2) is 8.24. The summed E-state index contributed by atoms with van der Waals surface area (Å²) in [6, 6.07) is 8.71. The number of thiocarbonyl (C=S) groups is 1. The van der Waals surface area contributed by atoms with Crippen LogP contribution >= 0.6 is 12.2 Å². The standard InChI is InChI=1S/C21H17FN2O4S/c1-3-6-13-9-12(11-17(28-2)18(13)25)10-14-19(26)23-21(29)24(20(14)27)16-8-5-4-7-15(16)22/h3-5,7-11,25H,1,6H2,2H3,(H,23,26,29). The molecule has 1 fully saturated rings. The van der Waals surface area contributed by atoms with Crippen molar-refractivity contribution in [1.29, 1.82) is 0 Å². The molecule has 1 aliphatic heterocycles. The Labute approximate surface area is 171 Å². The van der Waals surface area contributed by atoms with Gasteiger partial charge in [-0.15, -0.1) is 6.58 Å². The Kier molecular flexibility index (Phi) is 5.74. The van der Waals surface area contributed by atoms with Crippen molar-refractivity contribution in [2.75, 3.05) is 12.0 Å². The Morgan fingerprint density at radius 3 is 2.69 bits per heavy atom. The van der Waals surface area contributed by atoms with Crippen molar-refractivity contribution in [1.82, 2.24) is 5.32 Å². The SMILES string of the molecule is C=CCc1cc(C=C2C(=O)NC(=S)N(c3ccccc3F)C2=O)cc(OC)c1O. The minimum Gasteiger partial charge on any atom is -0.504 e. The lowest BCUT2D eigenvalue weighted by molar-refractivity contribution is -0.122. The molecule has 2 aromatic rings. The number of hydrogen-bond donors (Lipinski definition) is 2. The van der Waals surface area contributed by atoms with Gasteiger partial charge in [-0.25, -0.2) is 9.29 Å². The normalized spacial score (nSPS) is 15.4. The highest BCUT2D eigenvalue weighted by Gasteiger charge is 2.35. The molecule has 2 N–H and O–H groups in total. The molecule has 2 aromatic carbocycles. The summed E-state index contributed by atoms with van der Waals surface area (Å²) in [7, 11) is 1.39. The van der Waals surface area contributed by atoms with Crippen LogP contribution in [0.15, 0.2) is 54.6 Å². The highest BCUT2D eigenvalue weighted by Crippen LogP contribution is 2.33. The van der Waals surface area contributed by atoms with Gasteiger partial charge in [-0.05, 0) is 54.5 Å². The first-order valence-corrected chi connectivity index (χ1v) is 8.95. The molecule has 0 aromatic heterocycles. The zero-order chi connectivity index (χ0) is 21.1. The van der Waals surface area contributed by atoms with E-state index in [-0.39, 0.29) is 27.9 Å². The van der Waals surface area contributed by atoms with E-state index in [4.69, 9.17) is 17.0 Å². The first-order chi connectivity index (χ1) is 13.9. The number of carbonyl (C=O) groups is 2. The maximum Gasteiger partial charge on any atom is 0.270 e. The summed E-state index contributed by atoms with van der Waals surface area (Å²) in [6.45, 7) is 3.64. The summed E-state index contributed by atoms with van der Waals surface area (Å²) < 4.78 is 19.4. The van der Waals surface area contributed by atoms with Gasteiger partial charge in [0.1, 0.15) is 11.4 Å². The van der Waals surface area contributed by atoms with Gasteiger partial charge in [0.05, 0.1) is 12.8 Å². The number of phenolic OH excluding ortho intramolecular Hbond substituents is 1. The van der Waals surface area contributed by atoms with E-state index in [0.29, 0.717) is 17.5 Å². The second-order valence-corrected chi connectivity index (χ2v) is 6.52. The molecule has 3 rings (SSSR count). The van der Waals surface area contributed by atoms with E-state index in [1.165, 1.54) is 37.5 Å². The van der Waals surface area contributed by atoms with E-state index in [1.807, 2.05) is 0 Å². The van der Waals surface area contributed by atoms with Crippen molar-refractivity contribution in [3.8, 4) is 11.5 Å². The molecule has 2 amide bonds. The number of benzene rings is 2. The summed E-state index contributed by atoms with van der Waals surface area (Å²) in [4.78, 5) is 26.3. The molecule has 148 valence electrons. The molecule has 29 heavy (non-hydrogen) atoms. The maximum absolute atomic E-state index is 14.2. The van der Waals surface area contributed by atoms with Crippen LogP contribution in [-0.2, 0) is 16.0 Å². The number of para-hydroxylation sites is 1. The highest BCUT2D eigenvalue weighted by molar-refractivity contribution is 7.80. The molecule has 0 spiro atoms. The summed E-state index contributed by atoms with van der Waals surface area (Å²) in [5.41, 5.74) is 0.649. The van der Waals surface area contributed by atoms with E-state index in [1.54, 1.807) is 18.2 Å². The van der Waals surface area contributed by atoms with Gasteiger partial charge in [-0.2, -0.15) is 0 Å². The van der Waals surface area contributed by atoms with Gasteiger partial charge in [0.2, 0.25) is 0 Å². The molecule has 0 radical (unpaired) electrons. The number of halogens is 1. The number of allylic oxidation sites excluding steroid dienone is 1. The number of ether oxygens (including phenoxy) is 1. The van der Waals surface area contributed by atoms with Gasteiger partial charge in [-0.1, -0.05) is 18.2 Å². The van der Waals surface area contributed by atoms with Crippen LogP contribution in [0.3, 0.4) is 0 Å². The Balaban J connectivity index is 2.09. The van der Waals surface area contributed by atoms with Crippen LogP contribution in [0.4, 0.5) is 10.1 Å². The number of anilines is 1. The van der Waals surface area contributed by atoms with Crippen molar-refractivity contribution in [2.24, 2.45) is 0 Å². The van der Waals surface area contributed by atoms with E-state index >= 15 is 0 Å². The van der Waals surface area contributed by atoms with Crippen molar-refractivity contribution in [3.05, 3.63) is 71.6 Å². The lowest BCUT2D eigenvalue weighted by Crippen LogP contribution is -2.54. The van der Waals surface area contributed by atoms with Crippen LogP contribution in [0, 0.1) is 5.82 Å². The zero-order valence-electron chi connectivity index (χ0n) is 15.4. The van der Waals surface area contributed by atoms with Gasteiger partial charge in [0, 0.05) is 5.56 Å².